The standard InChI is InChI=1S/C14H16N2O9S/c1-26(22,23)25-11-6-12(13(17)18)15(7-11)14(19)24-8-9-2-4-10(5-3-9)16(20)21/h2-5,11-12H,6-8H2,1H3,(H,17,18)/t11?,12-/m0/s1. The minimum atomic E-state index is -3.80. The van der Waals surface area contributed by atoms with Crippen molar-refractivity contribution >= 4 is 27.9 Å². The molecule has 1 saturated heterocycles. The topological polar surface area (TPSA) is 153 Å². The highest BCUT2D eigenvalue weighted by Crippen LogP contribution is 2.23. The molecule has 1 heterocycles. The number of aliphatic carboxylic acids is 1. The van der Waals surface area contributed by atoms with Gasteiger partial charge in [0, 0.05) is 18.6 Å². The molecule has 1 N–H and O–H groups in total. The van der Waals surface area contributed by atoms with E-state index in [9.17, 15) is 33.2 Å². The molecule has 0 saturated carbocycles. The average Bonchev–Trinajstić information content (AvgIpc) is 2.95. The number of ether oxygens (including phenoxy) is 1. The predicted molar refractivity (Wildman–Crippen MR) is 85.7 cm³/mol. The van der Waals surface area contributed by atoms with Gasteiger partial charge in [-0.3, -0.25) is 19.2 Å². The van der Waals surface area contributed by atoms with Gasteiger partial charge in [-0.15, -0.1) is 0 Å². The SMILES string of the molecule is CS(=O)(=O)OC1C[C@@H](C(=O)O)N(C(=O)OCc2ccc([N+](=O)[O-])cc2)C1. The number of benzene rings is 1. The number of carboxylic acids is 1. The van der Waals surface area contributed by atoms with Crippen LogP contribution in [0.1, 0.15) is 12.0 Å². The van der Waals surface area contributed by atoms with E-state index >= 15 is 0 Å². The number of hydrogen-bond donors (Lipinski definition) is 1. The molecule has 26 heavy (non-hydrogen) atoms. The van der Waals surface area contributed by atoms with Gasteiger partial charge in [0.15, 0.2) is 0 Å². The van der Waals surface area contributed by atoms with E-state index in [1.807, 2.05) is 0 Å². The third kappa shape index (κ3) is 5.13. The fraction of sp³-hybridized carbons (Fsp3) is 0.429. The Labute approximate surface area is 148 Å². The quantitative estimate of drug-likeness (QED) is 0.422. The molecule has 1 amide bonds. The summed E-state index contributed by atoms with van der Waals surface area (Å²) >= 11 is 0. The molecule has 1 aliphatic heterocycles. The molecule has 142 valence electrons. The number of likely N-dealkylation sites (tertiary alicyclic amines) is 1. The van der Waals surface area contributed by atoms with E-state index < -0.39 is 39.2 Å². The van der Waals surface area contributed by atoms with Gasteiger partial charge >= 0.3 is 12.1 Å². The fourth-order valence-corrected chi connectivity index (χ4v) is 3.13. The Hall–Kier alpha value is -2.73. The second kappa shape index (κ2) is 7.66. The van der Waals surface area contributed by atoms with Crippen LogP contribution in [0.4, 0.5) is 10.5 Å². The number of non-ortho nitro benzene ring substituents is 1. The summed E-state index contributed by atoms with van der Waals surface area (Å²) in [6.07, 6.45) is -1.28. The van der Waals surface area contributed by atoms with Gasteiger partial charge < -0.3 is 9.84 Å². The van der Waals surface area contributed by atoms with Crippen LogP contribution in [0.3, 0.4) is 0 Å². The maximum absolute atomic E-state index is 12.1. The monoisotopic (exact) mass is 388 g/mol. The Kier molecular flexibility index (Phi) is 5.77. The van der Waals surface area contributed by atoms with Gasteiger partial charge in [-0.25, -0.2) is 9.59 Å². The minimum Gasteiger partial charge on any atom is -0.480 e. The van der Waals surface area contributed by atoms with E-state index in [0.717, 1.165) is 11.2 Å². The second-order valence-electron chi connectivity index (χ2n) is 5.64. The lowest BCUT2D eigenvalue weighted by Crippen LogP contribution is -2.40. The zero-order valence-electron chi connectivity index (χ0n) is 13.6. The second-order valence-corrected chi connectivity index (χ2v) is 7.24. The van der Waals surface area contributed by atoms with E-state index in [1.165, 1.54) is 24.3 Å². The first kappa shape index (κ1) is 19.6. The molecule has 0 spiro atoms. The summed E-state index contributed by atoms with van der Waals surface area (Å²) in [7, 11) is -3.80. The van der Waals surface area contributed by atoms with E-state index in [-0.39, 0.29) is 25.3 Å². The Morgan fingerprint density at radius 3 is 2.46 bits per heavy atom. The van der Waals surface area contributed by atoms with Crippen LogP contribution in [-0.2, 0) is 30.4 Å². The van der Waals surface area contributed by atoms with Crippen molar-refractivity contribution in [2.24, 2.45) is 0 Å². The first-order valence-corrected chi connectivity index (χ1v) is 9.16. The van der Waals surface area contributed by atoms with Gasteiger partial charge in [0.25, 0.3) is 15.8 Å². The van der Waals surface area contributed by atoms with Crippen LogP contribution in [0.5, 0.6) is 0 Å². The van der Waals surface area contributed by atoms with E-state index in [2.05, 4.69) is 0 Å². The maximum atomic E-state index is 12.1. The van der Waals surface area contributed by atoms with Crippen LogP contribution >= 0.6 is 0 Å². The van der Waals surface area contributed by atoms with Crippen LogP contribution in [0.25, 0.3) is 0 Å². The molecule has 1 aromatic rings. The first-order chi connectivity index (χ1) is 12.1. The molecule has 1 fully saturated rings. The van der Waals surface area contributed by atoms with Crippen LogP contribution in [0.15, 0.2) is 24.3 Å². The number of nitrogens with zero attached hydrogens (tertiary/aromatic N) is 2. The van der Waals surface area contributed by atoms with Gasteiger partial charge in [-0.1, -0.05) is 0 Å². The molecule has 0 aliphatic carbocycles. The molecule has 0 bridgehead atoms. The third-order valence-corrected chi connectivity index (χ3v) is 4.22. The summed E-state index contributed by atoms with van der Waals surface area (Å²) in [5.41, 5.74) is 0.352. The van der Waals surface area contributed by atoms with Crippen molar-refractivity contribution in [3.8, 4) is 0 Å². The van der Waals surface area contributed by atoms with Crippen LogP contribution in [0, 0.1) is 10.1 Å². The Bertz CT molecular complexity index is 806. The number of carbonyl (C=O) groups is 2. The predicted octanol–water partition coefficient (Wildman–Crippen LogP) is 0.735. The third-order valence-electron chi connectivity index (χ3n) is 3.60. The molecular formula is C14H16N2O9S. The van der Waals surface area contributed by atoms with E-state index in [4.69, 9.17) is 8.92 Å². The highest BCUT2D eigenvalue weighted by Gasteiger charge is 2.42. The Morgan fingerprint density at radius 2 is 1.96 bits per heavy atom. The number of nitro benzene ring substituents is 1. The number of carbonyl (C=O) groups excluding carboxylic acids is 1. The van der Waals surface area contributed by atoms with Crippen LogP contribution < -0.4 is 0 Å². The molecule has 2 atom stereocenters. The summed E-state index contributed by atoms with van der Waals surface area (Å²) in [5, 5.41) is 19.8. The van der Waals surface area contributed by atoms with Crippen molar-refractivity contribution in [1.29, 1.82) is 0 Å². The Balaban J connectivity index is 2.00. The normalized spacial score (nSPS) is 20.0. The van der Waals surface area contributed by atoms with Crippen molar-refractivity contribution in [3.05, 3.63) is 39.9 Å². The van der Waals surface area contributed by atoms with Crippen molar-refractivity contribution in [2.45, 2.75) is 25.2 Å². The lowest BCUT2D eigenvalue weighted by Gasteiger charge is -2.20. The lowest BCUT2D eigenvalue weighted by atomic mass is 10.2. The van der Waals surface area contributed by atoms with Gasteiger partial charge in [0.2, 0.25) is 0 Å². The van der Waals surface area contributed by atoms with Crippen molar-refractivity contribution < 1.29 is 37.0 Å². The van der Waals surface area contributed by atoms with Crippen LogP contribution in [0.2, 0.25) is 0 Å². The number of rotatable bonds is 6. The number of hydrogen-bond acceptors (Lipinski definition) is 8. The first-order valence-electron chi connectivity index (χ1n) is 7.34. The molecule has 0 aromatic heterocycles. The molecule has 1 aliphatic rings. The zero-order valence-corrected chi connectivity index (χ0v) is 14.4. The fourth-order valence-electron chi connectivity index (χ4n) is 2.49. The number of carboxylic acid groups (broad SMARTS) is 1. The molecule has 12 heteroatoms. The van der Waals surface area contributed by atoms with Crippen molar-refractivity contribution in [1.82, 2.24) is 4.90 Å². The van der Waals surface area contributed by atoms with Gasteiger partial charge in [-0.05, 0) is 17.7 Å². The van der Waals surface area contributed by atoms with Crippen LogP contribution in [-0.4, -0.2) is 60.4 Å². The summed E-state index contributed by atoms with van der Waals surface area (Å²) in [4.78, 5) is 34.3. The smallest absolute Gasteiger partial charge is 0.410 e. The molecule has 2 rings (SSSR count). The molecule has 0 radical (unpaired) electrons. The highest BCUT2D eigenvalue weighted by molar-refractivity contribution is 7.86. The molecule has 1 aromatic carbocycles. The molecule has 1 unspecified atom stereocenters. The summed E-state index contributed by atoms with van der Waals surface area (Å²) < 4.78 is 32.1. The van der Waals surface area contributed by atoms with E-state index in [1.54, 1.807) is 0 Å². The minimum absolute atomic E-state index is 0.119. The molecular weight excluding hydrogens is 372 g/mol. The van der Waals surface area contributed by atoms with Gasteiger partial charge in [0.1, 0.15) is 12.6 Å². The zero-order chi connectivity index (χ0) is 19.5. The number of nitro groups is 1. The highest BCUT2D eigenvalue weighted by atomic mass is 32.2. The summed E-state index contributed by atoms with van der Waals surface area (Å²) in [6.45, 7) is -0.472. The van der Waals surface area contributed by atoms with Gasteiger partial charge in [0.05, 0.1) is 23.8 Å². The summed E-state index contributed by atoms with van der Waals surface area (Å²) in [5.74, 6) is -1.31. The number of amides is 1. The largest absolute Gasteiger partial charge is 0.480 e. The van der Waals surface area contributed by atoms with Gasteiger partial charge in [-0.2, -0.15) is 8.42 Å². The van der Waals surface area contributed by atoms with E-state index in [0.29, 0.717) is 5.56 Å². The molecule has 11 nitrogen and oxygen atoms in total. The Morgan fingerprint density at radius 1 is 1.35 bits per heavy atom. The van der Waals surface area contributed by atoms with Crippen molar-refractivity contribution in [2.75, 3.05) is 12.8 Å². The average molecular weight is 388 g/mol. The summed E-state index contributed by atoms with van der Waals surface area (Å²) in [6, 6.07) is 4.02. The maximum Gasteiger partial charge on any atom is 0.410 e. The lowest BCUT2D eigenvalue weighted by molar-refractivity contribution is -0.384. The van der Waals surface area contributed by atoms with Crippen molar-refractivity contribution in [3.63, 3.8) is 0 Å².